The van der Waals surface area contributed by atoms with Gasteiger partial charge in [0.2, 0.25) is 0 Å². The van der Waals surface area contributed by atoms with Crippen LogP contribution in [0, 0.1) is 6.92 Å². The van der Waals surface area contributed by atoms with Gasteiger partial charge in [0.1, 0.15) is 0 Å². The summed E-state index contributed by atoms with van der Waals surface area (Å²) in [4.78, 5) is 1.12. The number of hydrogen-bond donors (Lipinski definition) is 1. The number of aryl methyl sites for hydroxylation is 1. The third-order valence-corrected chi connectivity index (χ3v) is 2.51. The minimum atomic E-state index is 0.363. The van der Waals surface area contributed by atoms with E-state index in [4.69, 9.17) is 5.11 Å². The monoisotopic (exact) mass is 192 g/mol. The van der Waals surface area contributed by atoms with Gasteiger partial charge in [-0.3, -0.25) is 0 Å². The first-order valence-electron chi connectivity index (χ1n) is 2.15. The maximum atomic E-state index is 8.91. The van der Waals surface area contributed by atoms with E-state index in [1.165, 1.54) is 11.3 Å². The van der Waals surface area contributed by atoms with E-state index >= 15 is 0 Å². The smallest absolute Gasteiger partial charge is 0.185 e. The highest BCUT2D eigenvalue weighted by Gasteiger charge is 1.98. The number of aromatic hydroxyl groups is 1. The van der Waals surface area contributed by atoms with Crippen molar-refractivity contribution < 1.29 is 5.11 Å². The lowest BCUT2D eigenvalue weighted by Crippen LogP contribution is -1.48. The summed E-state index contributed by atoms with van der Waals surface area (Å²) in [6.07, 6.45) is 0. The Bertz CT molecular complexity index is 175. The van der Waals surface area contributed by atoms with E-state index in [0.717, 1.165) is 9.35 Å². The van der Waals surface area contributed by atoms with Gasteiger partial charge in [0, 0.05) is 4.88 Å². The Labute approximate surface area is 60.1 Å². The van der Waals surface area contributed by atoms with Crippen LogP contribution in [0.2, 0.25) is 0 Å². The van der Waals surface area contributed by atoms with Gasteiger partial charge >= 0.3 is 0 Å². The van der Waals surface area contributed by atoms with Crippen LogP contribution in [0.3, 0.4) is 0 Å². The normalized spacial score (nSPS) is 9.75. The van der Waals surface area contributed by atoms with Crippen molar-refractivity contribution in [2.45, 2.75) is 6.92 Å². The van der Waals surface area contributed by atoms with E-state index in [2.05, 4.69) is 15.9 Å². The number of halogens is 1. The maximum Gasteiger partial charge on any atom is 0.185 e. The second-order valence-electron chi connectivity index (χ2n) is 1.51. The van der Waals surface area contributed by atoms with Crippen molar-refractivity contribution in [3.63, 3.8) is 0 Å². The summed E-state index contributed by atoms with van der Waals surface area (Å²) in [7, 11) is 0. The fourth-order valence-corrected chi connectivity index (χ4v) is 1.85. The Morgan fingerprint density at radius 2 is 2.38 bits per heavy atom. The highest BCUT2D eigenvalue weighted by molar-refractivity contribution is 9.10. The van der Waals surface area contributed by atoms with Crippen LogP contribution in [0.4, 0.5) is 0 Å². The topological polar surface area (TPSA) is 20.2 Å². The first kappa shape index (κ1) is 6.11. The van der Waals surface area contributed by atoms with Crippen LogP contribution in [-0.4, -0.2) is 5.11 Å². The van der Waals surface area contributed by atoms with Gasteiger partial charge < -0.3 is 5.11 Å². The number of hydrogen-bond acceptors (Lipinski definition) is 2. The Morgan fingerprint density at radius 3 is 2.50 bits per heavy atom. The average molecular weight is 193 g/mol. The molecule has 0 aliphatic carbocycles. The lowest BCUT2D eigenvalue weighted by molar-refractivity contribution is 0.488. The molecule has 44 valence electrons. The van der Waals surface area contributed by atoms with Gasteiger partial charge in [0.15, 0.2) is 5.06 Å². The molecule has 1 heterocycles. The SMILES string of the molecule is Cc1cc(Br)c(O)s1. The zero-order chi connectivity index (χ0) is 6.15. The van der Waals surface area contributed by atoms with Gasteiger partial charge in [-0.05, 0) is 28.9 Å². The van der Waals surface area contributed by atoms with Crippen LogP contribution in [0.1, 0.15) is 4.88 Å². The van der Waals surface area contributed by atoms with E-state index in [1.807, 2.05) is 13.0 Å². The summed E-state index contributed by atoms with van der Waals surface area (Å²) >= 11 is 4.55. The van der Waals surface area contributed by atoms with Crippen LogP contribution in [-0.2, 0) is 0 Å². The van der Waals surface area contributed by atoms with Crippen LogP contribution in [0.5, 0.6) is 5.06 Å². The first-order chi connectivity index (χ1) is 3.70. The summed E-state index contributed by atoms with van der Waals surface area (Å²) in [5, 5.41) is 9.28. The van der Waals surface area contributed by atoms with Crippen LogP contribution in [0.15, 0.2) is 10.5 Å². The van der Waals surface area contributed by atoms with Crippen molar-refractivity contribution in [2.24, 2.45) is 0 Å². The summed E-state index contributed by atoms with van der Waals surface area (Å²) in [6, 6.07) is 1.89. The molecule has 0 aromatic carbocycles. The fourth-order valence-electron chi connectivity index (χ4n) is 0.471. The molecular weight excluding hydrogens is 188 g/mol. The maximum absolute atomic E-state index is 8.91. The Morgan fingerprint density at radius 1 is 1.75 bits per heavy atom. The molecule has 0 bridgehead atoms. The highest BCUT2D eigenvalue weighted by Crippen LogP contribution is 2.32. The molecule has 0 radical (unpaired) electrons. The molecule has 0 amide bonds. The van der Waals surface area contributed by atoms with Crippen molar-refractivity contribution in [1.29, 1.82) is 0 Å². The van der Waals surface area contributed by atoms with Crippen LogP contribution >= 0.6 is 27.3 Å². The predicted octanol–water partition coefficient (Wildman–Crippen LogP) is 2.52. The van der Waals surface area contributed by atoms with E-state index in [1.54, 1.807) is 0 Å². The van der Waals surface area contributed by atoms with Crippen LogP contribution in [0.25, 0.3) is 0 Å². The third kappa shape index (κ3) is 1.03. The quantitative estimate of drug-likeness (QED) is 0.671. The van der Waals surface area contributed by atoms with Crippen LogP contribution < -0.4 is 0 Å². The molecule has 3 heteroatoms. The zero-order valence-corrected chi connectivity index (χ0v) is 6.71. The molecule has 1 nitrogen and oxygen atoms in total. The molecule has 0 atom stereocenters. The minimum absolute atomic E-state index is 0.363. The number of rotatable bonds is 0. The van der Waals surface area contributed by atoms with Gasteiger partial charge in [0.25, 0.3) is 0 Å². The largest absolute Gasteiger partial charge is 0.499 e. The van der Waals surface area contributed by atoms with Gasteiger partial charge in [-0.1, -0.05) is 0 Å². The summed E-state index contributed by atoms with van der Waals surface area (Å²) in [5.74, 6) is 0. The van der Waals surface area contributed by atoms with Crippen molar-refractivity contribution in [1.82, 2.24) is 0 Å². The molecule has 0 fully saturated rings. The lowest BCUT2D eigenvalue weighted by Gasteiger charge is -1.77. The molecule has 0 unspecified atom stereocenters. The van der Waals surface area contributed by atoms with Crippen molar-refractivity contribution in [2.75, 3.05) is 0 Å². The average Bonchev–Trinajstić information content (AvgIpc) is 1.85. The molecule has 1 aromatic heterocycles. The van der Waals surface area contributed by atoms with E-state index < -0.39 is 0 Å². The molecular formula is C5H5BrOS. The van der Waals surface area contributed by atoms with E-state index in [0.29, 0.717) is 5.06 Å². The molecule has 0 saturated carbocycles. The van der Waals surface area contributed by atoms with Gasteiger partial charge in [-0.2, -0.15) is 0 Å². The Kier molecular flexibility index (Phi) is 1.58. The Hall–Kier alpha value is -0.0200. The molecule has 8 heavy (non-hydrogen) atoms. The van der Waals surface area contributed by atoms with Gasteiger partial charge in [-0.25, -0.2) is 0 Å². The number of thiophene rings is 1. The molecule has 1 N–H and O–H groups in total. The van der Waals surface area contributed by atoms with Crippen molar-refractivity contribution >= 4 is 27.3 Å². The Balaban J connectivity index is 3.14. The summed E-state index contributed by atoms with van der Waals surface area (Å²) in [5.41, 5.74) is 0. The summed E-state index contributed by atoms with van der Waals surface area (Å²) in [6.45, 7) is 1.95. The fraction of sp³-hybridized carbons (Fsp3) is 0.200. The predicted molar refractivity (Wildman–Crippen MR) is 38.4 cm³/mol. The standard InChI is InChI=1S/C5H5BrOS/c1-3-2-4(6)5(7)8-3/h2,7H,1H3. The zero-order valence-electron chi connectivity index (χ0n) is 4.31. The van der Waals surface area contributed by atoms with Gasteiger partial charge in [-0.15, -0.1) is 11.3 Å². The molecule has 1 aromatic rings. The minimum Gasteiger partial charge on any atom is -0.499 e. The highest BCUT2D eigenvalue weighted by atomic mass is 79.9. The second-order valence-corrected chi connectivity index (χ2v) is 3.60. The van der Waals surface area contributed by atoms with E-state index in [9.17, 15) is 0 Å². The molecule has 1 rings (SSSR count). The molecule has 0 aliphatic rings. The third-order valence-electron chi connectivity index (χ3n) is 0.792. The summed E-state index contributed by atoms with van der Waals surface area (Å²) < 4.78 is 0.792. The molecule has 0 spiro atoms. The molecule has 0 aliphatic heterocycles. The van der Waals surface area contributed by atoms with Crippen molar-refractivity contribution in [3.05, 3.63) is 15.4 Å². The van der Waals surface area contributed by atoms with Gasteiger partial charge in [0.05, 0.1) is 4.47 Å². The second kappa shape index (κ2) is 2.07. The van der Waals surface area contributed by atoms with Crippen molar-refractivity contribution in [3.8, 4) is 5.06 Å². The van der Waals surface area contributed by atoms with E-state index in [-0.39, 0.29) is 0 Å². The first-order valence-corrected chi connectivity index (χ1v) is 3.76. The lowest BCUT2D eigenvalue weighted by atomic mass is 10.5. The molecule has 0 saturated heterocycles.